The number of hydrogen-bond acceptors (Lipinski definition) is 9. The van der Waals surface area contributed by atoms with Gasteiger partial charge in [-0.15, -0.1) is 5.10 Å². The molecular formula is C31H32ClN7O3. The highest BCUT2D eigenvalue weighted by Gasteiger charge is 2.14. The summed E-state index contributed by atoms with van der Waals surface area (Å²) in [5, 5.41) is 13.7. The van der Waals surface area contributed by atoms with E-state index in [4.69, 9.17) is 25.8 Å². The SMILES string of the molecule is COc1cc2ncnc(Nc3cccc(-c4cn(Cc5ccc(Cl)cc5)nn4)c3)c2cc1OCCCN1CCOCC1. The minimum atomic E-state index is 0.580. The summed E-state index contributed by atoms with van der Waals surface area (Å²) in [5.41, 5.74) is 4.43. The smallest absolute Gasteiger partial charge is 0.162 e. The number of ether oxygens (including phenoxy) is 3. The van der Waals surface area contributed by atoms with Gasteiger partial charge in [0, 0.05) is 47.4 Å². The van der Waals surface area contributed by atoms with Gasteiger partial charge in [-0.25, -0.2) is 14.6 Å². The molecule has 0 atom stereocenters. The number of nitrogens with zero attached hydrogens (tertiary/aromatic N) is 6. The van der Waals surface area contributed by atoms with Crippen LogP contribution in [0, 0.1) is 0 Å². The lowest BCUT2D eigenvalue weighted by Crippen LogP contribution is -2.37. The van der Waals surface area contributed by atoms with Crippen LogP contribution in [0.2, 0.25) is 5.02 Å². The molecule has 1 aliphatic heterocycles. The molecule has 2 aromatic heterocycles. The normalized spacial score (nSPS) is 13.8. The van der Waals surface area contributed by atoms with Gasteiger partial charge in [0.1, 0.15) is 17.8 Å². The van der Waals surface area contributed by atoms with Gasteiger partial charge in [-0.3, -0.25) is 4.90 Å². The van der Waals surface area contributed by atoms with Gasteiger partial charge in [0.05, 0.1) is 45.2 Å². The van der Waals surface area contributed by atoms with E-state index in [0.29, 0.717) is 35.5 Å². The first-order valence-corrected chi connectivity index (χ1v) is 14.3. The average molecular weight is 586 g/mol. The molecule has 1 saturated heterocycles. The van der Waals surface area contributed by atoms with Crippen LogP contribution in [0.15, 0.2) is 73.2 Å². The van der Waals surface area contributed by atoms with Gasteiger partial charge in [-0.05, 0) is 42.3 Å². The van der Waals surface area contributed by atoms with Crippen LogP contribution in [0.1, 0.15) is 12.0 Å². The molecule has 1 fully saturated rings. The number of benzene rings is 3. The molecule has 0 aliphatic carbocycles. The van der Waals surface area contributed by atoms with Crippen LogP contribution >= 0.6 is 11.6 Å². The highest BCUT2D eigenvalue weighted by Crippen LogP contribution is 2.35. The zero-order valence-corrected chi connectivity index (χ0v) is 24.1. The summed E-state index contributed by atoms with van der Waals surface area (Å²) in [6, 6.07) is 19.5. The van der Waals surface area contributed by atoms with Gasteiger partial charge in [-0.2, -0.15) is 0 Å². The number of nitrogens with one attached hydrogen (secondary N) is 1. The van der Waals surface area contributed by atoms with Crippen molar-refractivity contribution in [1.29, 1.82) is 0 Å². The second-order valence-electron chi connectivity index (χ2n) is 10.0. The Morgan fingerprint density at radius 3 is 2.69 bits per heavy atom. The summed E-state index contributed by atoms with van der Waals surface area (Å²) < 4.78 is 19.0. The van der Waals surface area contributed by atoms with E-state index in [9.17, 15) is 0 Å². The van der Waals surface area contributed by atoms with Crippen molar-refractivity contribution < 1.29 is 14.2 Å². The number of methoxy groups -OCH3 is 1. The number of anilines is 2. The Kier molecular flexibility index (Phi) is 8.74. The first-order chi connectivity index (χ1) is 20.6. The van der Waals surface area contributed by atoms with E-state index in [1.807, 2.05) is 71.5 Å². The van der Waals surface area contributed by atoms with Crippen molar-refractivity contribution in [3.63, 3.8) is 0 Å². The Labute approximate surface area is 249 Å². The van der Waals surface area contributed by atoms with Crippen LogP contribution in [0.4, 0.5) is 11.5 Å². The largest absolute Gasteiger partial charge is 0.493 e. The number of hydrogen-bond donors (Lipinski definition) is 1. The molecule has 1 N–H and O–H groups in total. The predicted molar refractivity (Wildman–Crippen MR) is 163 cm³/mol. The molecule has 0 saturated carbocycles. The quantitative estimate of drug-likeness (QED) is 0.203. The molecule has 0 unspecified atom stereocenters. The number of halogens is 1. The molecule has 42 heavy (non-hydrogen) atoms. The van der Waals surface area contributed by atoms with E-state index in [1.54, 1.807) is 13.4 Å². The Hall–Kier alpha value is -4.25. The van der Waals surface area contributed by atoms with Gasteiger partial charge < -0.3 is 19.5 Å². The highest BCUT2D eigenvalue weighted by atomic mass is 35.5. The van der Waals surface area contributed by atoms with Crippen LogP contribution in [-0.2, 0) is 11.3 Å². The minimum absolute atomic E-state index is 0.580. The van der Waals surface area contributed by atoms with Crippen LogP contribution in [0.5, 0.6) is 11.5 Å². The summed E-state index contributed by atoms with van der Waals surface area (Å²) in [6.45, 7) is 5.68. The average Bonchev–Trinajstić information content (AvgIpc) is 3.49. The molecule has 0 radical (unpaired) electrons. The molecule has 0 spiro atoms. The molecule has 0 amide bonds. The van der Waals surface area contributed by atoms with Gasteiger partial charge in [-0.1, -0.05) is 41.1 Å². The third-order valence-electron chi connectivity index (χ3n) is 7.12. The van der Waals surface area contributed by atoms with E-state index in [2.05, 4.69) is 30.5 Å². The molecule has 0 bridgehead atoms. The fraction of sp³-hybridized carbons (Fsp3) is 0.290. The summed E-state index contributed by atoms with van der Waals surface area (Å²) >= 11 is 6.01. The summed E-state index contributed by atoms with van der Waals surface area (Å²) in [4.78, 5) is 11.4. The molecule has 11 heteroatoms. The molecule has 3 aromatic carbocycles. The van der Waals surface area contributed by atoms with E-state index >= 15 is 0 Å². The molecule has 10 nitrogen and oxygen atoms in total. The summed E-state index contributed by atoms with van der Waals surface area (Å²) in [7, 11) is 1.64. The lowest BCUT2D eigenvalue weighted by Gasteiger charge is -2.26. The molecule has 1 aliphatic rings. The van der Waals surface area contributed by atoms with Crippen LogP contribution in [0.25, 0.3) is 22.2 Å². The maximum absolute atomic E-state index is 6.17. The third kappa shape index (κ3) is 6.79. The summed E-state index contributed by atoms with van der Waals surface area (Å²) in [5.74, 6) is 1.97. The Morgan fingerprint density at radius 1 is 1.00 bits per heavy atom. The van der Waals surface area contributed by atoms with Crippen molar-refractivity contribution in [3.05, 3.63) is 83.8 Å². The number of aromatic nitrogens is 5. The van der Waals surface area contributed by atoms with Gasteiger partial charge in [0.15, 0.2) is 11.5 Å². The fourth-order valence-corrected chi connectivity index (χ4v) is 5.03. The van der Waals surface area contributed by atoms with E-state index < -0.39 is 0 Å². The minimum Gasteiger partial charge on any atom is -0.493 e. The third-order valence-corrected chi connectivity index (χ3v) is 7.37. The van der Waals surface area contributed by atoms with Gasteiger partial charge >= 0.3 is 0 Å². The second-order valence-corrected chi connectivity index (χ2v) is 10.5. The Bertz CT molecular complexity index is 1640. The monoisotopic (exact) mass is 585 g/mol. The highest BCUT2D eigenvalue weighted by molar-refractivity contribution is 6.30. The number of morpholine rings is 1. The maximum Gasteiger partial charge on any atom is 0.162 e. The first kappa shape index (κ1) is 27.9. The molecule has 5 aromatic rings. The fourth-order valence-electron chi connectivity index (χ4n) is 4.91. The van der Waals surface area contributed by atoms with Crippen molar-refractivity contribution >= 4 is 34.0 Å². The van der Waals surface area contributed by atoms with Crippen molar-refractivity contribution in [3.8, 4) is 22.8 Å². The van der Waals surface area contributed by atoms with Crippen molar-refractivity contribution in [2.45, 2.75) is 13.0 Å². The molecular weight excluding hydrogens is 554 g/mol. The van der Waals surface area contributed by atoms with Crippen molar-refractivity contribution in [2.24, 2.45) is 0 Å². The zero-order chi connectivity index (χ0) is 28.7. The number of rotatable bonds is 11. The predicted octanol–water partition coefficient (Wildman–Crippen LogP) is 5.44. The second kappa shape index (κ2) is 13.2. The maximum atomic E-state index is 6.17. The van der Waals surface area contributed by atoms with E-state index in [0.717, 1.165) is 72.7 Å². The zero-order valence-electron chi connectivity index (χ0n) is 23.4. The van der Waals surface area contributed by atoms with Crippen LogP contribution < -0.4 is 14.8 Å². The Balaban J connectivity index is 1.17. The van der Waals surface area contributed by atoms with E-state index in [-0.39, 0.29) is 0 Å². The summed E-state index contributed by atoms with van der Waals surface area (Å²) in [6.07, 6.45) is 4.39. The lowest BCUT2D eigenvalue weighted by atomic mass is 10.1. The van der Waals surface area contributed by atoms with Crippen LogP contribution in [0.3, 0.4) is 0 Å². The van der Waals surface area contributed by atoms with Crippen LogP contribution in [-0.4, -0.2) is 76.4 Å². The van der Waals surface area contributed by atoms with Gasteiger partial charge in [0.2, 0.25) is 0 Å². The lowest BCUT2D eigenvalue weighted by molar-refractivity contribution is 0.0357. The number of fused-ring (bicyclic) bond motifs is 1. The molecule has 3 heterocycles. The standard InChI is InChI=1S/C31H32ClN7O3/c1-40-29-18-27-26(17-30(29)42-13-3-10-38-11-14-41-15-12-38)31(34-21-33-27)35-25-5-2-4-23(16-25)28-20-39(37-36-28)19-22-6-8-24(32)9-7-22/h2,4-9,16-18,20-21H,3,10-15,19H2,1H3,(H,33,34,35). The molecule has 6 rings (SSSR count). The van der Waals surface area contributed by atoms with Crippen molar-refractivity contribution in [1.82, 2.24) is 29.9 Å². The Morgan fingerprint density at radius 2 is 1.86 bits per heavy atom. The van der Waals surface area contributed by atoms with Crippen molar-refractivity contribution in [2.75, 3.05) is 51.9 Å². The van der Waals surface area contributed by atoms with Gasteiger partial charge in [0.25, 0.3) is 0 Å². The van der Waals surface area contributed by atoms with E-state index in [1.165, 1.54) is 0 Å². The molecule has 216 valence electrons. The first-order valence-electron chi connectivity index (χ1n) is 13.9. The topological polar surface area (TPSA) is 99.5 Å².